The van der Waals surface area contributed by atoms with E-state index < -0.39 is 147 Å². The van der Waals surface area contributed by atoms with E-state index in [0.29, 0.717) is 28.1 Å². The fraction of sp³-hybridized carbons (Fsp3) is 0.429. The topological polar surface area (TPSA) is 378 Å². The molecule has 0 aliphatic carbocycles. The Morgan fingerprint density at radius 1 is 0.448 bits per heavy atom. The number of nitrogens with one attached hydrogen (secondary N) is 6. The third-order valence-corrected chi connectivity index (χ3v) is 11.0. The van der Waals surface area contributed by atoms with Crippen molar-refractivity contribution in [3.8, 4) is 0 Å². The van der Waals surface area contributed by atoms with Gasteiger partial charge in [0.15, 0.2) is 0 Å². The molecule has 2 aromatic carbocycles. The number of hydrogen-bond acceptors (Lipinski definition) is 12. The van der Waals surface area contributed by atoms with Gasteiger partial charge in [-0.3, -0.25) is 33.6 Å². The van der Waals surface area contributed by atoms with Crippen LogP contribution in [0.2, 0.25) is 0 Å². The molecular formula is C42H50Br2N6O17. The highest BCUT2D eigenvalue weighted by molar-refractivity contribution is 9.08. The van der Waals surface area contributed by atoms with Crippen molar-refractivity contribution >= 4 is 103 Å². The molecule has 0 aromatic heterocycles. The van der Waals surface area contributed by atoms with Crippen LogP contribution in [0.4, 0.5) is 0 Å². The van der Waals surface area contributed by atoms with Gasteiger partial charge in [-0.2, -0.15) is 0 Å². The van der Waals surface area contributed by atoms with Gasteiger partial charge in [0.1, 0.15) is 36.5 Å². The Balaban J connectivity index is 1.84. The first-order chi connectivity index (χ1) is 31.6. The lowest BCUT2D eigenvalue weighted by atomic mass is 10.1. The number of carbonyl (C=O) groups excluding carboxylic acids is 7. The number of rotatable bonds is 31. The molecule has 0 saturated carbocycles. The van der Waals surface area contributed by atoms with Gasteiger partial charge in [-0.1, -0.05) is 62.2 Å². The van der Waals surface area contributed by atoms with Crippen LogP contribution in [-0.2, 0) is 65.2 Å². The van der Waals surface area contributed by atoms with Gasteiger partial charge in [0, 0.05) is 60.4 Å². The van der Waals surface area contributed by atoms with E-state index in [2.05, 4.69) is 63.8 Å². The van der Waals surface area contributed by atoms with Gasteiger partial charge in [0.05, 0.1) is 0 Å². The van der Waals surface area contributed by atoms with Gasteiger partial charge in [-0.05, 0) is 60.9 Å². The first kappa shape index (κ1) is 56.4. The van der Waals surface area contributed by atoms with E-state index in [1.807, 2.05) is 6.07 Å². The third-order valence-electron chi connectivity index (χ3n) is 9.67. The second-order valence-corrected chi connectivity index (χ2v) is 16.0. The van der Waals surface area contributed by atoms with E-state index in [4.69, 9.17) is 0 Å². The lowest BCUT2D eigenvalue weighted by Crippen LogP contribution is -2.46. The molecule has 23 nitrogen and oxygen atoms in total. The van der Waals surface area contributed by atoms with Crippen LogP contribution in [0.1, 0.15) is 102 Å². The van der Waals surface area contributed by atoms with Crippen LogP contribution < -0.4 is 31.9 Å². The number of amides is 6. The Morgan fingerprint density at radius 2 is 0.761 bits per heavy atom. The molecule has 2 rings (SSSR count). The average molecular weight is 1070 g/mol. The zero-order valence-electron chi connectivity index (χ0n) is 35.6. The first-order valence-electron chi connectivity index (χ1n) is 20.3. The summed E-state index contributed by atoms with van der Waals surface area (Å²) < 4.78 is 0. The number of halogens is 2. The van der Waals surface area contributed by atoms with E-state index in [1.54, 1.807) is 36.4 Å². The minimum atomic E-state index is -1.72. The fourth-order valence-electron chi connectivity index (χ4n) is 6.02. The zero-order valence-corrected chi connectivity index (χ0v) is 38.8. The SMILES string of the molecule is O=Cc1ccc(CNC(=O)CC[C@H](NC(=O)CCC(NC(=O)CCC(NC(=O)CCC(NC(=O)CCC(NC(=O)c2cc(CBr)cc(CBr)c2)C(=O)O)C(=O)O)C(=O)O)C(=O)O)C(=O)O)cc1. The lowest BCUT2D eigenvalue weighted by molar-refractivity contribution is -0.144. The molecule has 0 saturated heterocycles. The Morgan fingerprint density at radius 3 is 1.06 bits per heavy atom. The molecule has 0 bridgehead atoms. The molecule has 0 radical (unpaired) electrons. The predicted octanol–water partition coefficient (Wildman–Crippen LogP) is 0.967. The van der Waals surface area contributed by atoms with Crippen LogP contribution in [0.15, 0.2) is 42.5 Å². The summed E-state index contributed by atoms with van der Waals surface area (Å²) in [5.41, 5.74) is 2.79. The van der Waals surface area contributed by atoms with Gasteiger partial charge < -0.3 is 57.4 Å². The Bertz CT molecular complexity index is 2130. The van der Waals surface area contributed by atoms with Crippen molar-refractivity contribution in [3.63, 3.8) is 0 Å². The molecule has 25 heteroatoms. The van der Waals surface area contributed by atoms with Gasteiger partial charge in [0.2, 0.25) is 29.5 Å². The number of hydrogen-bond donors (Lipinski definition) is 11. The van der Waals surface area contributed by atoms with Crippen LogP contribution in [0.25, 0.3) is 0 Å². The normalized spacial score (nSPS) is 12.9. The van der Waals surface area contributed by atoms with Crippen molar-refractivity contribution in [2.24, 2.45) is 0 Å². The zero-order chi connectivity index (χ0) is 50.2. The van der Waals surface area contributed by atoms with Crippen molar-refractivity contribution < 1.29 is 83.1 Å². The highest BCUT2D eigenvalue weighted by atomic mass is 79.9. The maximum Gasteiger partial charge on any atom is 0.326 e. The summed E-state index contributed by atoms with van der Waals surface area (Å²) in [6.45, 7) is 0.0927. The van der Waals surface area contributed by atoms with Crippen LogP contribution >= 0.6 is 31.9 Å². The largest absolute Gasteiger partial charge is 0.480 e. The van der Waals surface area contributed by atoms with E-state index in [1.165, 1.54) is 0 Å². The van der Waals surface area contributed by atoms with Crippen molar-refractivity contribution in [1.29, 1.82) is 0 Å². The van der Waals surface area contributed by atoms with Crippen molar-refractivity contribution in [3.05, 3.63) is 70.3 Å². The smallest absolute Gasteiger partial charge is 0.326 e. The number of aldehydes is 1. The standard InChI is InChI=1S/C42H50Br2N6O17/c43-18-24-15-25(19-44)17-26(16-24)37(57)50-31(42(66)67)9-14-36(56)49-30(41(64)65)8-13-35(55)48-29(40(62)63)7-12-34(54)47-28(39(60)61)6-11-33(53)46-27(38(58)59)5-10-32(52)45-20-22-1-3-23(21-51)4-2-22/h1-4,15-17,21,27-31H,5-14,18-20H2,(H,45,52)(H,46,53)(H,47,54)(H,48,55)(H,49,56)(H,50,57)(H,58,59)(H,60,61)(H,62,63)(H,64,65)(H,66,67)/t27-,28?,29?,30?,31?/m0/s1. The van der Waals surface area contributed by atoms with E-state index in [0.717, 1.165) is 11.1 Å². The monoisotopic (exact) mass is 1070 g/mol. The van der Waals surface area contributed by atoms with E-state index >= 15 is 0 Å². The molecule has 0 aliphatic heterocycles. The van der Waals surface area contributed by atoms with Crippen LogP contribution in [0.5, 0.6) is 0 Å². The molecule has 2 aromatic rings. The lowest BCUT2D eigenvalue weighted by Gasteiger charge is -2.19. The maximum absolute atomic E-state index is 12.8. The molecule has 5 atom stereocenters. The molecule has 6 amide bonds. The number of benzene rings is 2. The fourth-order valence-corrected chi connectivity index (χ4v) is 6.67. The third kappa shape index (κ3) is 21.4. The molecule has 11 N–H and O–H groups in total. The van der Waals surface area contributed by atoms with Crippen molar-refractivity contribution in [1.82, 2.24) is 31.9 Å². The number of carbonyl (C=O) groups is 12. The van der Waals surface area contributed by atoms with Gasteiger partial charge >= 0.3 is 29.8 Å². The summed E-state index contributed by atoms with van der Waals surface area (Å²) in [6, 6.07) is 3.13. The summed E-state index contributed by atoms with van der Waals surface area (Å²) >= 11 is 6.60. The molecule has 0 spiro atoms. The predicted molar refractivity (Wildman–Crippen MR) is 239 cm³/mol. The Hall–Kier alpha value is -6.76. The van der Waals surface area contributed by atoms with Gasteiger partial charge in [0.25, 0.3) is 5.91 Å². The summed E-state index contributed by atoms with van der Waals surface area (Å²) in [7, 11) is 0. The Labute approximate surface area is 398 Å². The summed E-state index contributed by atoms with van der Waals surface area (Å²) in [6.07, 6.45) is -4.44. The van der Waals surface area contributed by atoms with Crippen LogP contribution in [0, 0.1) is 0 Å². The molecule has 67 heavy (non-hydrogen) atoms. The molecule has 0 fully saturated rings. The number of carboxylic acids is 5. The Kier molecular flexibility index (Phi) is 24.4. The van der Waals surface area contributed by atoms with E-state index in [9.17, 15) is 83.1 Å². The minimum Gasteiger partial charge on any atom is -0.480 e. The van der Waals surface area contributed by atoms with Crippen LogP contribution in [0.3, 0.4) is 0 Å². The first-order valence-corrected chi connectivity index (χ1v) is 22.6. The minimum absolute atomic E-state index is 0.0927. The van der Waals surface area contributed by atoms with E-state index in [-0.39, 0.29) is 24.9 Å². The molecule has 4 unspecified atom stereocenters. The molecule has 364 valence electrons. The average Bonchev–Trinajstić information content (AvgIpc) is 3.28. The number of carboxylic acid groups (broad SMARTS) is 5. The van der Waals surface area contributed by atoms with Gasteiger partial charge in [-0.25, -0.2) is 24.0 Å². The summed E-state index contributed by atoms with van der Waals surface area (Å²) in [5, 5.41) is 62.4. The quantitative estimate of drug-likeness (QED) is 0.0370. The highest BCUT2D eigenvalue weighted by Crippen LogP contribution is 2.17. The maximum atomic E-state index is 12.8. The highest BCUT2D eigenvalue weighted by Gasteiger charge is 2.28. The van der Waals surface area contributed by atoms with Crippen LogP contribution in [-0.4, -0.2) is 127 Å². The molecule has 0 heterocycles. The molecule has 0 aliphatic rings. The summed E-state index contributed by atoms with van der Waals surface area (Å²) in [5.74, 6) is -12.8. The summed E-state index contributed by atoms with van der Waals surface area (Å²) in [4.78, 5) is 146. The second-order valence-electron chi connectivity index (χ2n) is 14.8. The number of alkyl halides is 2. The van der Waals surface area contributed by atoms with Crippen molar-refractivity contribution in [2.75, 3.05) is 0 Å². The van der Waals surface area contributed by atoms with Gasteiger partial charge in [-0.15, -0.1) is 0 Å². The molecular weight excluding hydrogens is 1020 g/mol. The second kappa shape index (κ2) is 29.0. The van der Waals surface area contributed by atoms with Crippen molar-refractivity contribution in [2.45, 2.75) is 112 Å². The number of aliphatic carboxylic acids is 5.